The number of Topliss-reactive ketones (excluding diaryl/α,β-unsaturated/α-hetero) is 1. The van der Waals surface area contributed by atoms with Crippen LogP contribution in [-0.2, 0) is 17.8 Å². The van der Waals surface area contributed by atoms with Crippen molar-refractivity contribution in [1.82, 2.24) is 34.7 Å². The minimum atomic E-state index is -0.108. The summed E-state index contributed by atoms with van der Waals surface area (Å²) < 4.78 is 3.81. The van der Waals surface area contributed by atoms with E-state index in [2.05, 4.69) is 39.5 Å². The summed E-state index contributed by atoms with van der Waals surface area (Å²) in [6.45, 7) is 6.44. The summed E-state index contributed by atoms with van der Waals surface area (Å²) in [5.74, 6) is 0.948. The van der Waals surface area contributed by atoms with Crippen LogP contribution < -0.4 is 5.69 Å². The van der Waals surface area contributed by atoms with Gasteiger partial charge in [0.1, 0.15) is 5.78 Å². The maximum atomic E-state index is 14.1. The quantitative estimate of drug-likeness (QED) is 0.302. The van der Waals surface area contributed by atoms with Gasteiger partial charge in [0.25, 0.3) is 0 Å². The second-order valence-corrected chi connectivity index (χ2v) is 10.7. The molecule has 3 aromatic heterocycles. The molecule has 0 aliphatic heterocycles. The number of hydrogen-bond acceptors (Lipinski definition) is 6. The van der Waals surface area contributed by atoms with E-state index in [1.807, 2.05) is 51.9 Å². The van der Waals surface area contributed by atoms with Gasteiger partial charge in [-0.3, -0.25) is 18.9 Å². The van der Waals surface area contributed by atoms with E-state index in [1.165, 1.54) is 0 Å². The van der Waals surface area contributed by atoms with Crippen LogP contribution in [0.5, 0.6) is 0 Å². The lowest BCUT2D eigenvalue weighted by molar-refractivity contribution is -0.124. The first kappa shape index (κ1) is 26.7. The van der Waals surface area contributed by atoms with Crippen LogP contribution in [-0.4, -0.2) is 40.5 Å². The molecule has 1 saturated carbocycles. The lowest BCUT2D eigenvalue weighted by atomic mass is 9.74. The summed E-state index contributed by atoms with van der Waals surface area (Å²) in [4.78, 5) is 31.2. The largest absolute Gasteiger partial charge is 0.328 e. The van der Waals surface area contributed by atoms with Gasteiger partial charge < -0.3 is 0 Å². The highest BCUT2D eigenvalue weighted by Gasteiger charge is 2.37. The molecule has 1 N–H and O–H groups in total. The molecule has 1 aliphatic rings. The molecule has 3 atom stereocenters. The highest BCUT2D eigenvalue weighted by Crippen LogP contribution is 2.40. The minimum Gasteiger partial charge on any atom is -0.300 e. The van der Waals surface area contributed by atoms with Crippen LogP contribution in [0, 0.1) is 11.8 Å². The number of H-pyrrole nitrogens is 1. The average Bonchev–Trinajstić information content (AvgIpc) is 3.61. The fourth-order valence-corrected chi connectivity index (χ4v) is 6.16. The highest BCUT2D eigenvalue weighted by atomic mass is 16.2. The molecule has 1 aliphatic carbocycles. The number of aromatic nitrogens is 7. The number of hydrogen-bond donors (Lipinski definition) is 1. The summed E-state index contributed by atoms with van der Waals surface area (Å²) >= 11 is 0. The van der Waals surface area contributed by atoms with E-state index in [1.54, 1.807) is 13.1 Å². The van der Waals surface area contributed by atoms with Gasteiger partial charge in [0.05, 0.1) is 12.6 Å². The van der Waals surface area contributed by atoms with Crippen LogP contribution in [0.15, 0.2) is 53.7 Å². The lowest BCUT2D eigenvalue weighted by Crippen LogP contribution is -2.39. The first-order chi connectivity index (χ1) is 19.0. The number of carbonyl (C=O) groups excluding carboxylic acids is 1. The predicted molar refractivity (Wildman–Crippen MR) is 150 cm³/mol. The van der Waals surface area contributed by atoms with E-state index in [-0.39, 0.29) is 23.4 Å². The molecule has 3 heterocycles. The third-order valence-electron chi connectivity index (χ3n) is 8.26. The van der Waals surface area contributed by atoms with Gasteiger partial charge in [0.15, 0.2) is 0 Å². The molecule has 0 radical (unpaired) electrons. The Balaban J connectivity index is 1.53. The second-order valence-electron chi connectivity index (χ2n) is 10.7. The molecule has 1 fully saturated rings. The van der Waals surface area contributed by atoms with Crippen LogP contribution in [0.3, 0.4) is 0 Å². The molecule has 9 heteroatoms. The smallest absolute Gasteiger partial charge is 0.300 e. The Hall–Kier alpha value is -3.88. The van der Waals surface area contributed by atoms with Gasteiger partial charge in [0.2, 0.25) is 5.82 Å². The third kappa shape index (κ3) is 5.48. The van der Waals surface area contributed by atoms with Crippen LogP contribution in [0.4, 0.5) is 0 Å². The zero-order valence-corrected chi connectivity index (χ0v) is 23.0. The summed E-state index contributed by atoms with van der Waals surface area (Å²) in [5.41, 5.74) is 4.89. The maximum absolute atomic E-state index is 14.1. The van der Waals surface area contributed by atoms with Crippen LogP contribution in [0.25, 0.3) is 22.5 Å². The molecule has 204 valence electrons. The van der Waals surface area contributed by atoms with Crippen LogP contribution in [0.2, 0.25) is 0 Å². The summed E-state index contributed by atoms with van der Waals surface area (Å²) in [6.07, 6.45) is 12.5. The Morgan fingerprint density at radius 3 is 2.59 bits per heavy atom. The Morgan fingerprint density at radius 1 is 1.10 bits per heavy atom. The number of imidazole rings is 1. The fraction of sp³-hybridized carbons (Fsp3) is 0.467. The lowest BCUT2D eigenvalue weighted by Gasteiger charge is -2.37. The van der Waals surface area contributed by atoms with E-state index in [0.717, 1.165) is 72.9 Å². The number of rotatable bonds is 10. The first-order valence-electron chi connectivity index (χ1n) is 14.1. The van der Waals surface area contributed by atoms with Gasteiger partial charge in [-0.1, -0.05) is 57.4 Å². The van der Waals surface area contributed by atoms with Gasteiger partial charge >= 0.3 is 5.69 Å². The van der Waals surface area contributed by atoms with E-state index in [4.69, 9.17) is 0 Å². The number of nitrogens with zero attached hydrogens (tertiary/aromatic N) is 6. The van der Waals surface area contributed by atoms with Crippen molar-refractivity contribution in [2.45, 2.75) is 78.3 Å². The number of aromatic amines is 1. The van der Waals surface area contributed by atoms with E-state index in [9.17, 15) is 9.59 Å². The van der Waals surface area contributed by atoms with Gasteiger partial charge in [-0.25, -0.2) is 4.79 Å². The van der Waals surface area contributed by atoms with Crippen molar-refractivity contribution in [3.63, 3.8) is 0 Å². The Morgan fingerprint density at radius 2 is 1.90 bits per heavy atom. The van der Waals surface area contributed by atoms with Crippen molar-refractivity contribution in [2.24, 2.45) is 11.8 Å². The van der Waals surface area contributed by atoms with Gasteiger partial charge in [-0.05, 0) is 66.5 Å². The van der Waals surface area contributed by atoms with Gasteiger partial charge in [-0.2, -0.15) is 5.21 Å². The first-order valence-corrected chi connectivity index (χ1v) is 14.1. The Kier molecular flexibility index (Phi) is 8.14. The number of benzene rings is 1. The molecular formula is C30H37N7O2. The highest BCUT2D eigenvalue weighted by molar-refractivity contribution is 5.79. The molecule has 39 heavy (non-hydrogen) atoms. The number of carbonyl (C=O) groups is 1. The van der Waals surface area contributed by atoms with Crippen molar-refractivity contribution in [3.8, 4) is 22.5 Å². The molecular weight excluding hydrogens is 490 g/mol. The van der Waals surface area contributed by atoms with Crippen LogP contribution >= 0.6 is 0 Å². The zero-order chi connectivity index (χ0) is 27.4. The van der Waals surface area contributed by atoms with Crippen LogP contribution in [0.1, 0.15) is 76.6 Å². The molecule has 1 aromatic carbocycles. The SMILES string of the molecule is CCCCc1cn(C2C(CC)CCCC2C(C)=O)c(=O)n1Cc1cnccc1-c1ccc(-c2nn[nH]n2)cc1. The molecule has 4 aromatic rings. The number of unbranched alkanes of at least 4 members (excludes halogenated alkanes) is 1. The van der Waals surface area contributed by atoms with Crippen molar-refractivity contribution in [1.29, 1.82) is 0 Å². The average molecular weight is 528 g/mol. The molecule has 9 nitrogen and oxygen atoms in total. The topological polar surface area (TPSA) is 111 Å². The van der Waals surface area contributed by atoms with Gasteiger partial charge in [0, 0.05) is 35.8 Å². The number of ketones is 1. The fourth-order valence-electron chi connectivity index (χ4n) is 6.16. The molecule has 0 amide bonds. The summed E-state index contributed by atoms with van der Waals surface area (Å²) in [6, 6.07) is 9.91. The zero-order valence-electron chi connectivity index (χ0n) is 23.0. The third-order valence-corrected chi connectivity index (χ3v) is 8.26. The second kappa shape index (κ2) is 11.9. The number of pyridine rings is 1. The molecule has 5 rings (SSSR count). The minimum absolute atomic E-state index is 0.0278. The molecule has 0 bridgehead atoms. The van der Waals surface area contributed by atoms with E-state index >= 15 is 0 Å². The van der Waals surface area contributed by atoms with Crippen molar-refractivity contribution in [2.75, 3.05) is 0 Å². The standard InChI is InChI=1S/C30H37N7O2/c1-4-6-9-25-19-37(28-21(5-2)8-7-10-26(28)20(3)38)30(39)36(25)18-24-17-31-16-15-27(24)22-11-13-23(14-12-22)29-32-34-35-33-29/h11-17,19,21,26,28H,4-10,18H2,1-3H3,(H,32,33,34,35). The predicted octanol–water partition coefficient (Wildman–Crippen LogP) is 5.24. The van der Waals surface area contributed by atoms with Crippen molar-refractivity contribution in [3.05, 3.63) is 70.7 Å². The van der Waals surface area contributed by atoms with E-state index < -0.39 is 0 Å². The van der Waals surface area contributed by atoms with Crippen molar-refractivity contribution < 1.29 is 4.79 Å². The number of nitrogens with one attached hydrogen (secondary N) is 1. The molecule has 0 saturated heterocycles. The Labute approximate surface area is 228 Å². The van der Waals surface area contributed by atoms with Crippen molar-refractivity contribution >= 4 is 5.78 Å². The summed E-state index contributed by atoms with van der Waals surface area (Å²) in [7, 11) is 0. The Bertz CT molecular complexity index is 1450. The molecule has 0 spiro atoms. The number of aryl methyl sites for hydroxylation is 1. The van der Waals surface area contributed by atoms with E-state index in [0.29, 0.717) is 18.3 Å². The monoisotopic (exact) mass is 527 g/mol. The normalized spacial score (nSPS) is 19.3. The van der Waals surface area contributed by atoms with Gasteiger partial charge in [-0.15, -0.1) is 10.2 Å². The summed E-state index contributed by atoms with van der Waals surface area (Å²) in [5, 5.41) is 14.2. The molecule has 3 unspecified atom stereocenters. The maximum Gasteiger partial charge on any atom is 0.328 e. The number of tetrazole rings is 1.